The quantitative estimate of drug-likeness (QED) is 0.766. The molecule has 9 heteroatoms. The lowest BCUT2D eigenvalue weighted by molar-refractivity contribution is -0.0327. The molecule has 1 rings (SSSR count). The molecule has 1 heterocycles. The molecule has 96 valence electrons. The summed E-state index contributed by atoms with van der Waals surface area (Å²) in [6.07, 6.45) is 0. The van der Waals surface area contributed by atoms with Gasteiger partial charge in [-0.15, -0.1) is 0 Å². The van der Waals surface area contributed by atoms with Crippen LogP contribution in [-0.4, -0.2) is 34.0 Å². The topological polar surface area (TPSA) is 75.4 Å². The Labute approximate surface area is 98.3 Å². The first-order valence-electron chi connectivity index (χ1n) is 4.49. The number of alkyl halides is 3. The van der Waals surface area contributed by atoms with E-state index in [1.807, 2.05) is 0 Å². The number of halogens is 3. The van der Waals surface area contributed by atoms with Crippen LogP contribution in [0.15, 0.2) is 10.6 Å². The number of aromatic carboxylic acids is 1. The Bertz CT molecular complexity index is 380. The number of rotatable bonds is 6. The van der Waals surface area contributed by atoms with Crippen LogP contribution in [0.3, 0.4) is 0 Å². The summed E-state index contributed by atoms with van der Waals surface area (Å²) in [4.78, 5) is 10.4. The normalized spacial score (nSPS) is 11.7. The van der Waals surface area contributed by atoms with Crippen molar-refractivity contribution in [2.75, 3.05) is 12.3 Å². The molecular formula is C8H9F3N2O3S. The first-order chi connectivity index (χ1) is 7.88. The average molecular weight is 270 g/mol. The van der Waals surface area contributed by atoms with Gasteiger partial charge in [-0.05, 0) is 11.8 Å². The predicted octanol–water partition coefficient (Wildman–Crippen LogP) is 1.72. The van der Waals surface area contributed by atoms with Gasteiger partial charge in [0, 0.05) is 18.4 Å². The van der Waals surface area contributed by atoms with Crippen molar-refractivity contribution in [3.8, 4) is 0 Å². The minimum absolute atomic E-state index is 0.122. The van der Waals surface area contributed by atoms with Crippen LogP contribution in [0.4, 0.5) is 13.2 Å². The minimum atomic E-state index is -4.23. The summed E-state index contributed by atoms with van der Waals surface area (Å²) in [6, 6.07) is 1.21. The number of carboxylic acids is 1. The molecule has 0 fully saturated rings. The number of thioether (sulfide) groups is 1. The molecule has 2 N–H and O–H groups in total. The highest BCUT2D eigenvalue weighted by Gasteiger charge is 2.27. The number of nitrogens with one attached hydrogen (secondary N) is 1. The van der Waals surface area contributed by atoms with Gasteiger partial charge < -0.3 is 14.9 Å². The van der Waals surface area contributed by atoms with Gasteiger partial charge in [-0.1, -0.05) is 5.16 Å². The Morgan fingerprint density at radius 3 is 2.82 bits per heavy atom. The third-order valence-electron chi connectivity index (χ3n) is 1.62. The molecule has 0 bridgehead atoms. The lowest BCUT2D eigenvalue weighted by Gasteiger charge is -2.05. The van der Waals surface area contributed by atoms with Crippen LogP contribution in [0.1, 0.15) is 16.2 Å². The van der Waals surface area contributed by atoms with Crippen LogP contribution in [-0.2, 0) is 6.54 Å². The first kappa shape index (κ1) is 13.8. The second kappa shape index (κ2) is 5.92. The Kier molecular flexibility index (Phi) is 4.82. The van der Waals surface area contributed by atoms with E-state index >= 15 is 0 Å². The molecule has 0 aromatic carbocycles. The highest BCUT2D eigenvalue weighted by molar-refractivity contribution is 8.00. The van der Waals surface area contributed by atoms with Crippen LogP contribution in [0.25, 0.3) is 0 Å². The molecule has 1 aromatic heterocycles. The van der Waals surface area contributed by atoms with E-state index in [1.54, 1.807) is 0 Å². The van der Waals surface area contributed by atoms with E-state index in [0.29, 0.717) is 0 Å². The lowest BCUT2D eigenvalue weighted by atomic mass is 10.3. The Balaban J connectivity index is 2.20. The molecular weight excluding hydrogens is 261 g/mol. The van der Waals surface area contributed by atoms with Crippen LogP contribution in [0, 0.1) is 0 Å². The van der Waals surface area contributed by atoms with Gasteiger partial charge in [0.25, 0.3) is 0 Å². The lowest BCUT2D eigenvalue weighted by Crippen LogP contribution is -2.18. The summed E-state index contributed by atoms with van der Waals surface area (Å²) < 4.78 is 39.9. The molecule has 0 amide bonds. The molecule has 0 saturated carbocycles. The molecule has 0 atom stereocenters. The van der Waals surface area contributed by atoms with E-state index in [9.17, 15) is 18.0 Å². The SMILES string of the molecule is O=C(O)c1cc(CNCCSC(F)(F)F)on1. The zero-order valence-corrected chi connectivity index (χ0v) is 9.27. The summed E-state index contributed by atoms with van der Waals surface area (Å²) in [7, 11) is 0. The number of carboxylic acid groups (broad SMARTS) is 1. The van der Waals surface area contributed by atoms with E-state index in [4.69, 9.17) is 5.11 Å². The first-order valence-corrected chi connectivity index (χ1v) is 5.47. The van der Waals surface area contributed by atoms with Gasteiger partial charge in [0.15, 0.2) is 11.5 Å². The molecule has 0 aliphatic carbocycles. The van der Waals surface area contributed by atoms with Crippen molar-refractivity contribution in [3.05, 3.63) is 17.5 Å². The molecule has 0 unspecified atom stereocenters. The smallest absolute Gasteiger partial charge is 0.441 e. The largest absolute Gasteiger partial charge is 0.476 e. The maximum atomic E-state index is 11.7. The highest BCUT2D eigenvalue weighted by Crippen LogP contribution is 2.29. The number of aromatic nitrogens is 1. The highest BCUT2D eigenvalue weighted by atomic mass is 32.2. The van der Waals surface area contributed by atoms with Crippen molar-refractivity contribution < 1.29 is 27.6 Å². The van der Waals surface area contributed by atoms with Crippen LogP contribution >= 0.6 is 11.8 Å². The van der Waals surface area contributed by atoms with E-state index < -0.39 is 11.5 Å². The van der Waals surface area contributed by atoms with Crippen molar-refractivity contribution in [3.63, 3.8) is 0 Å². The summed E-state index contributed by atoms with van der Waals surface area (Å²) in [6.45, 7) is 0.270. The van der Waals surface area contributed by atoms with E-state index in [2.05, 4.69) is 15.0 Å². The fourth-order valence-corrected chi connectivity index (χ4v) is 1.43. The van der Waals surface area contributed by atoms with Crippen molar-refractivity contribution in [1.82, 2.24) is 10.5 Å². The number of carbonyl (C=O) groups is 1. The summed E-state index contributed by atoms with van der Waals surface area (Å²) in [5.41, 5.74) is -4.46. The molecule has 0 saturated heterocycles. The fraction of sp³-hybridized carbons (Fsp3) is 0.500. The summed E-state index contributed by atoms with van der Waals surface area (Å²) in [5.74, 6) is -1.07. The fourth-order valence-electron chi connectivity index (χ4n) is 0.948. The van der Waals surface area contributed by atoms with E-state index in [0.717, 1.165) is 0 Å². The van der Waals surface area contributed by atoms with Crippen LogP contribution in [0.2, 0.25) is 0 Å². The second-order valence-corrected chi connectivity index (χ2v) is 4.11. The third-order valence-corrected chi connectivity index (χ3v) is 2.36. The van der Waals surface area contributed by atoms with Crippen molar-refractivity contribution in [1.29, 1.82) is 0 Å². The van der Waals surface area contributed by atoms with Gasteiger partial charge >= 0.3 is 11.5 Å². The summed E-state index contributed by atoms with van der Waals surface area (Å²) >= 11 is -0.124. The van der Waals surface area contributed by atoms with Crippen molar-refractivity contribution >= 4 is 17.7 Å². The monoisotopic (exact) mass is 270 g/mol. The van der Waals surface area contributed by atoms with E-state index in [-0.39, 0.29) is 42.1 Å². The molecule has 1 aromatic rings. The Morgan fingerprint density at radius 1 is 1.59 bits per heavy atom. The molecule has 0 aliphatic rings. The van der Waals surface area contributed by atoms with E-state index in [1.165, 1.54) is 6.07 Å². The maximum absolute atomic E-state index is 11.7. The number of hydrogen-bond donors (Lipinski definition) is 2. The maximum Gasteiger partial charge on any atom is 0.441 e. The number of hydrogen-bond acceptors (Lipinski definition) is 5. The minimum Gasteiger partial charge on any atom is -0.476 e. The van der Waals surface area contributed by atoms with Gasteiger partial charge in [0.05, 0.1) is 6.54 Å². The van der Waals surface area contributed by atoms with Crippen molar-refractivity contribution in [2.45, 2.75) is 12.1 Å². The van der Waals surface area contributed by atoms with Crippen LogP contribution in [0.5, 0.6) is 0 Å². The standard InChI is InChI=1S/C8H9F3N2O3S/c9-8(10,11)17-2-1-12-4-5-3-6(7(14)15)13-16-5/h3,12H,1-2,4H2,(H,14,15). The second-order valence-electron chi connectivity index (χ2n) is 2.95. The molecule has 5 nitrogen and oxygen atoms in total. The van der Waals surface area contributed by atoms with Gasteiger partial charge in [0.1, 0.15) is 0 Å². The molecule has 0 spiro atoms. The molecule has 0 aliphatic heterocycles. The van der Waals surface area contributed by atoms with Crippen LogP contribution < -0.4 is 5.32 Å². The zero-order valence-electron chi connectivity index (χ0n) is 8.45. The van der Waals surface area contributed by atoms with Gasteiger partial charge in [-0.25, -0.2) is 4.79 Å². The zero-order chi connectivity index (χ0) is 12.9. The molecule has 0 radical (unpaired) electrons. The third kappa shape index (κ3) is 5.59. The van der Waals surface area contributed by atoms with Crippen molar-refractivity contribution in [2.24, 2.45) is 0 Å². The molecule has 17 heavy (non-hydrogen) atoms. The summed E-state index contributed by atoms with van der Waals surface area (Å²) in [5, 5.41) is 14.5. The van der Waals surface area contributed by atoms with Gasteiger partial charge in [0.2, 0.25) is 0 Å². The van der Waals surface area contributed by atoms with Gasteiger partial charge in [-0.2, -0.15) is 13.2 Å². The Morgan fingerprint density at radius 2 is 2.29 bits per heavy atom. The van der Waals surface area contributed by atoms with Gasteiger partial charge in [-0.3, -0.25) is 0 Å². The average Bonchev–Trinajstić information content (AvgIpc) is 2.64. The Hall–Kier alpha value is -1.22. The predicted molar refractivity (Wildman–Crippen MR) is 53.7 cm³/mol. The number of nitrogens with zero attached hydrogens (tertiary/aromatic N) is 1.